The van der Waals surface area contributed by atoms with Crippen molar-refractivity contribution in [3.63, 3.8) is 0 Å². The van der Waals surface area contributed by atoms with E-state index in [2.05, 4.69) is 22.7 Å². The van der Waals surface area contributed by atoms with Crippen molar-refractivity contribution < 1.29 is 10.0 Å². The van der Waals surface area contributed by atoms with Crippen LogP contribution in [0.5, 0.6) is 5.75 Å². The van der Waals surface area contributed by atoms with Crippen molar-refractivity contribution in [2.24, 2.45) is 10.8 Å². The number of rotatable bonds is 3. The molecular formula is C10H12N4O3S. The quantitative estimate of drug-likeness (QED) is 0.327. The Kier molecular flexibility index (Phi) is 4.16. The Labute approximate surface area is 108 Å². The van der Waals surface area contributed by atoms with Crippen LogP contribution in [0.15, 0.2) is 11.2 Å². The number of phenols is 1. The summed E-state index contributed by atoms with van der Waals surface area (Å²) in [6.07, 6.45) is 1.24. The van der Waals surface area contributed by atoms with E-state index in [0.717, 1.165) is 0 Å². The van der Waals surface area contributed by atoms with Gasteiger partial charge in [-0.05, 0) is 31.6 Å². The van der Waals surface area contributed by atoms with Crippen molar-refractivity contribution in [3.05, 3.63) is 32.9 Å². The maximum absolute atomic E-state index is 10.8. The van der Waals surface area contributed by atoms with Crippen LogP contribution < -0.4 is 11.2 Å². The summed E-state index contributed by atoms with van der Waals surface area (Å²) in [7, 11) is 0. The van der Waals surface area contributed by atoms with Gasteiger partial charge in [0.05, 0.1) is 11.1 Å². The lowest BCUT2D eigenvalue weighted by Crippen LogP contribution is -2.24. The molecule has 0 fully saturated rings. The number of aryl methyl sites for hydroxylation is 1. The fourth-order valence-corrected chi connectivity index (χ4v) is 1.47. The van der Waals surface area contributed by atoms with Crippen LogP contribution >= 0.6 is 12.2 Å². The number of hydrogen-bond donors (Lipinski definition) is 3. The van der Waals surface area contributed by atoms with Crippen molar-refractivity contribution >= 4 is 29.2 Å². The zero-order valence-electron chi connectivity index (χ0n) is 9.80. The number of nitrogens with two attached hydrogens (primary N) is 1. The van der Waals surface area contributed by atoms with Crippen LogP contribution in [0.4, 0.5) is 5.69 Å². The van der Waals surface area contributed by atoms with Crippen LogP contribution in [0.25, 0.3) is 0 Å². The Balaban J connectivity index is 3.29. The molecule has 0 aromatic heterocycles. The molecule has 0 heterocycles. The van der Waals surface area contributed by atoms with Gasteiger partial charge in [0, 0.05) is 17.2 Å². The van der Waals surface area contributed by atoms with E-state index in [4.69, 9.17) is 5.73 Å². The Morgan fingerprint density at radius 3 is 2.78 bits per heavy atom. The fourth-order valence-electron chi connectivity index (χ4n) is 1.42. The Morgan fingerprint density at radius 2 is 2.28 bits per heavy atom. The minimum Gasteiger partial charge on any atom is -0.507 e. The maximum atomic E-state index is 10.8. The highest BCUT2D eigenvalue weighted by molar-refractivity contribution is 7.80. The second-order valence-corrected chi connectivity index (χ2v) is 4.03. The molecule has 0 atom stereocenters. The number of nitrogens with zero attached hydrogens (tertiary/aromatic N) is 2. The van der Waals surface area contributed by atoms with Crippen LogP contribution in [0.1, 0.15) is 16.7 Å². The number of aromatic hydroxyl groups is 1. The van der Waals surface area contributed by atoms with Gasteiger partial charge >= 0.3 is 0 Å². The van der Waals surface area contributed by atoms with Crippen LogP contribution in [-0.4, -0.2) is 21.4 Å². The number of nitro groups is 1. The van der Waals surface area contributed by atoms with Gasteiger partial charge in [0.15, 0.2) is 5.11 Å². The first-order valence-electron chi connectivity index (χ1n) is 4.90. The lowest BCUT2D eigenvalue weighted by molar-refractivity contribution is -0.385. The summed E-state index contributed by atoms with van der Waals surface area (Å²) in [6, 6.07) is 1.31. The van der Waals surface area contributed by atoms with Gasteiger partial charge < -0.3 is 10.8 Å². The Morgan fingerprint density at radius 1 is 1.67 bits per heavy atom. The third kappa shape index (κ3) is 2.92. The van der Waals surface area contributed by atoms with Gasteiger partial charge in [-0.2, -0.15) is 5.10 Å². The van der Waals surface area contributed by atoms with E-state index >= 15 is 0 Å². The number of hydrazone groups is 1. The van der Waals surface area contributed by atoms with Gasteiger partial charge in [0.25, 0.3) is 5.69 Å². The molecule has 0 spiro atoms. The molecule has 7 nitrogen and oxygen atoms in total. The van der Waals surface area contributed by atoms with Gasteiger partial charge in [-0.1, -0.05) is 0 Å². The zero-order chi connectivity index (χ0) is 13.9. The van der Waals surface area contributed by atoms with Crippen molar-refractivity contribution in [1.82, 2.24) is 5.43 Å². The number of phenolic OH excluding ortho intramolecular Hbond substituents is 1. The molecule has 18 heavy (non-hydrogen) atoms. The largest absolute Gasteiger partial charge is 0.507 e. The molecule has 0 saturated carbocycles. The lowest BCUT2D eigenvalue weighted by atomic mass is 10.0. The summed E-state index contributed by atoms with van der Waals surface area (Å²) >= 11 is 4.55. The second-order valence-electron chi connectivity index (χ2n) is 3.59. The smallest absolute Gasteiger partial charge is 0.273 e. The molecular weight excluding hydrogens is 256 g/mol. The average molecular weight is 268 g/mol. The molecule has 96 valence electrons. The van der Waals surface area contributed by atoms with Crippen LogP contribution in [0.3, 0.4) is 0 Å². The fraction of sp³-hybridized carbons (Fsp3) is 0.200. The third-order valence-electron chi connectivity index (χ3n) is 2.34. The molecule has 0 radical (unpaired) electrons. The number of hydrogen-bond acceptors (Lipinski definition) is 5. The summed E-state index contributed by atoms with van der Waals surface area (Å²) in [5, 5.41) is 24.3. The summed E-state index contributed by atoms with van der Waals surface area (Å²) in [6.45, 7) is 3.10. The monoisotopic (exact) mass is 268 g/mol. The van der Waals surface area contributed by atoms with Gasteiger partial charge in [-0.15, -0.1) is 0 Å². The summed E-state index contributed by atoms with van der Waals surface area (Å²) in [4.78, 5) is 10.3. The summed E-state index contributed by atoms with van der Waals surface area (Å²) < 4.78 is 0. The first-order chi connectivity index (χ1) is 8.34. The predicted octanol–water partition coefficient (Wildman–Crippen LogP) is 1.08. The highest BCUT2D eigenvalue weighted by atomic mass is 32.1. The van der Waals surface area contributed by atoms with Gasteiger partial charge in [0.1, 0.15) is 5.75 Å². The molecule has 0 aliphatic heterocycles. The molecule has 1 aromatic rings. The van der Waals surface area contributed by atoms with E-state index in [1.807, 2.05) is 0 Å². The normalized spacial score (nSPS) is 10.6. The highest BCUT2D eigenvalue weighted by Gasteiger charge is 2.18. The molecule has 1 rings (SSSR count). The van der Waals surface area contributed by atoms with E-state index in [0.29, 0.717) is 11.1 Å². The standard InChI is InChI=1S/C10H12N4O3S/c1-5-3-8(14(16)17)6(2)7(9(5)15)4-12-13-10(11)18/h3-4,15H,1-2H3,(H3,11,13,18). The van der Waals surface area contributed by atoms with Gasteiger partial charge in [-0.25, -0.2) is 0 Å². The van der Waals surface area contributed by atoms with Crippen LogP contribution in [0, 0.1) is 24.0 Å². The molecule has 0 amide bonds. The van der Waals surface area contributed by atoms with E-state index < -0.39 is 4.92 Å². The predicted molar refractivity (Wildman–Crippen MR) is 71.8 cm³/mol. The lowest BCUT2D eigenvalue weighted by Gasteiger charge is -2.07. The van der Waals surface area contributed by atoms with Gasteiger partial charge in [0.2, 0.25) is 0 Å². The van der Waals surface area contributed by atoms with E-state index in [1.165, 1.54) is 19.2 Å². The molecule has 4 N–H and O–H groups in total. The number of nitrogens with one attached hydrogen (secondary N) is 1. The zero-order valence-corrected chi connectivity index (χ0v) is 10.6. The van der Waals surface area contributed by atoms with Crippen LogP contribution in [0.2, 0.25) is 0 Å². The number of thiocarbonyl (C=S) groups is 1. The average Bonchev–Trinajstić information content (AvgIpc) is 2.27. The molecule has 1 aromatic carbocycles. The second kappa shape index (κ2) is 5.41. The van der Waals surface area contributed by atoms with Crippen molar-refractivity contribution in [3.8, 4) is 5.75 Å². The third-order valence-corrected chi connectivity index (χ3v) is 2.43. The minimum absolute atomic E-state index is 0.0365. The maximum Gasteiger partial charge on any atom is 0.273 e. The van der Waals surface area contributed by atoms with Crippen molar-refractivity contribution in [2.75, 3.05) is 0 Å². The molecule has 0 aliphatic carbocycles. The SMILES string of the molecule is Cc1cc([N+](=O)[O-])c(C)c(C=NNC(N)=S)c1O. The molecule has 0 aliphatic rings. The van der Waals surface area contributed by atoms with E-state index in [1.54, 1.807) is 6.92 Å². The van der Waals surface area contributed by atoms with Gasteiger partial charge in [-0.3, -0.25) is 15.5 Å². The van der Waals surface area contributed by atoms with Crippen molar-refractivity contribution in [2.45, 2.75) is 13.8 Å². The molecule has 8 heteroatoms. The number of benzene rings is 1. The number of nitro benzene ring substituents is 1. The molecule has 0 saturated heterocycles. The summed E-state index contributed by atoms with van der Waals surface area (Å²) in [5.74, 6) is -0.0633. The van der Waals surface area contributed by atoms with Crippen molar-refractivity contribution in [1.29, 1.82) is 0 Å². The molecule has 0 bridgehead atoms. The topological polar surface area (TPSA) is 114 Å². The van der Waals surface area contributed by atoms with E-state index in [9.17, 15) is 15.2 Å². The Bertz CT molecular complexity index is 542. The first kappa shape index (κ1) is 13.8. The van der Waals surface area contributed by atoms with Crippen LogP contribution in [-0.2, 0) is 0 Å². The van der Waals surface area contributed by atoms with E-state index in [-0.39, 0.29) is 22.1 Å². The first-order valence-corrected chi connectivity index (χ1v) is 5.31. The Hall–Kier alpha value is -2.22. The summed E-state index contributed by atoms with van der Waals surface area (Å²) in [5.41, 5.74) is 8.37. The highest BCUT2D eigenvalue weighted by Crippen LogP contribution is 2.31. The minimum atomic E-state index is -0.514. The molecule has 0 unspecified atom stereocenters.